The lowest BCUT2D eigenvalue weighted by Crippen LogP contribution is -2.52. The maximum Gasteiger partial charge on any atom is 0.191 e. The van der Waals surface area contributed by atoms with Crippen molar-refractivity contribution in [1.82, 2.24) is 15.5 Å². The van der Waals surface area contributed by atoms with Crippen LogP contribution in [0.3, 0.4) is 0 Å². The number of ether oxygens (including phenoxy) is 1. The maximum atomic E-state index is 5.48. The summed E-state index contributed by atoms with van der Waals surface area (Å²) in [7, 11) is 1.82. The fourth-order valence-corrected chi connectivity index (χ4v) is 3.45. The first-order chi connectivity index (χ1) is 12.1. The Labute approximate surface area is 179 Å². The van der Waals surface area contributed by atoms with Crippen molar-refractivity contribution < 1.29 is 4.74 Å². The van der Waals surface area contributed by atoms with E-state index in [1.54, 1.807) is 11.8 Å². The third-order valence-corrected chi connectivity index (χ3v) is 5.35. The van der Waals surface area contributed by atoms with E-state index in [1.807, 2.05) is 7.05 Å². The highest BCUT2D eigenvalue weighted by Gasteiger charge is 2.23. The number of rotatable bonds is 7. The first-order valence-electron chi connectivity index (χ1n) is 9.03. The minimum Gasteiger partial charge on any atom is -0.379 e. The molecule has 0 spiro atoms. The summed E-state index contributed by atoms with van der Waals surface area (Å²) in [5, 5.41) is 6.90. The number of thioether (sulfide) groups is 1. The summed E-state index contributed by atoms with van der Waals surface area (Å²) in [6.45, 7) is 9.93. The molecule has 0 bridgehead atoms. The second kappa shape index (κ2) is 12.8. The number of benzene rings is 1. The van der Waals surface area contributed by atoms with Gasteiger partial charge in [-0.25, -0.2) is 0 Å². The smallest absolute Gasteiger partial charge is 0.191 e. The molecule has 1 aliphatic rings. The standard InChI is InChI=1S/C19H32N4OS.HI/c1-15(2)18(23-9-11-24-12-10-23)14-22-19(20-3)21-13-16-5-7-17(25-4)8-6-16;/h5-8,15,18H,9-14H2,1-4H3,(H2,20,21,22);1H. The summed E-state index contributed by atoms with van der Waals surface area (Å²) in [4.78, 5) is 8.17. The molecule has 2 rings (SSSR count). The Balaban J connectivity index is 0.00000338. The van der Waals surface area contributed by atoms with Crippen molar-refractivity contribution in [2.75, 3.05) is 46.2 Å². The quantitative estimate of drug-likeness (QED) is 0.265. The number of nitrogens with zero attached hydrogens (tertiary/aromatic N) is 2. The molecule has 1 fully saturated rings. The molecular formula is C19H33IN4OS. The molecule has 1 aromatic carbocycles. The van der Waals surface area contributed by atoms with Gasteiger partial charge in [0, 0.05) is 44.2 Å². The summed E-state index contributed by atoms with van der Waals surface area (Å²) >= 11 is 1.76. The van der Waals surface area contributed by atoms with Crippen LogP contribution < -0.4 is 10.6 Å². The average Bonchev–Trinajstić information content (AvgIpc) is 2.65. The lowest BCUT2D eigenvalue weighted by molar-refractivity contribution is 0.00752. The molecule has 0 aliphatic carbocycles. The van der Waals surface area contributed by atoms with Crippen LogP contribution in [-0.2, 0) is 11.3 Å². The summed E-state index contributed by atoms with van der Waals surface area (Å²) < 4.78 is 5.48. The Morgan fingerprint density at radius 2 is 1.85 bits per heavy atom. The zero-order valence-corrected chi connectivity index (χ0v) is 19.5. The van der Waals surface area contributed by atoms with Crippen LogP contribution in [-0.4, -0.2) is 63.1 Å². The molecule has 1 aliphatic heterocycles. The van der Waals surface area contributed by atoms with Gasteiger partial charge in [-0.1, -0.05) is 26.0 Å². The van der Waals surface area contributed by atoms with E-state index in [1.165, 1.54) is 10.5 Å². The van der Waals surface area contributed by atoms with E-state index >= 15 is 0 Å². The molecule has 26 heavy (non-hydrogen) atoms. The van der Waals surface area contributed by atoms with Crippen molar-refractivity contribution in [3.63, 3.8) is 0 Å². The zero-order valence-electron chi connectivity index (χ0n) is 16.3. The Bertz CT molecular complexity index is 533. The number of hydrogen-bond acceptors (Lipinski definition) is 4. The van der Waals surface area contributed by atoms with Crippen LogP contribution in [0.15, 0.2) is 34.2 Å². The first kappa shape index (κ1) is 23.5. The van der Waals surface area contributed by atoms with E-state index in [2.05, 4.69) is 64.9 Å². The van der Waals surface area contributed by atoms with Gasteiger partial charge < -0.3 is 15.4 Å². The number of nitrogens with one attached hydrogen (secondary N) is 2. The van der Waals surface area contributed by atoms with Gasteiger partial charge in [0.05, 0.1) is 13.2 Å². The van der Waals surface area contributed by atoms with E-state index in [0.717, 1.165) is 45.4 Å². The second-order valence-corrected chi connectivity index (χ2v) is 7.49. The van der Waals surface area contributed by atoms with Crippen LogP contribution in [0.2, 0.25) is 0 Å². The van der Waals surface area contributed by atoms with E-state index in [-0.39, 0.29) is 24.0 Å². The molecule has 1 atom stereocenters. The monoisotopic (exact) mass is 492 g/mol. The predicted octanol–water partition coefficient (Wildman–Crippen LogP) is 3.05. The van der Waals surface area contributed by atoms with Gasteiger partial charge in [0.15, 0.2) is 5.96 Å². The molecule has 0 radical (unpaired) electrons. The van der Waals surface area contributed by atoms with Crippen molar-refractivity contribution in [2.24, 2.45) is 10.9 Å². The SMILES string of the molecule is CN=C(NCc1ccc(SC)cc1)NCC(C(C)C)N1CCOCC1.I. The molecule has 148 valence electrons. The summed E-state index contributed by atoms with van der Waals surface area (Å²) in [5.41, 5.74) is 1.26. The molecule has 5 nitrogen and oxygen atoms in total. The number of hydrogen-bond donors (Lipinski definition) is 2. The summed E-state index contributed by atoms with van der Waals surface area (Å²) in [5.74, 6) is 1.44. The minimum absolute atomic E-state index is 0. The minimum atomic E-state index is 0. The highest BCUT2D eigenvalue weighted by molar-refractivity contribution is 14.0. The number of halogens is 1. The van der Waals surface area contributed by atoms with Gasteiger partial charge in [-0.2, -0.15) is 0 Å². The molecule has 7 heteroatoms. The lowest BCUT2D eigenvalue weighted by atomic mass is 10.0. The van der Waals surface area contributed by atoms with Crippen LogP contribution in [0.1, 0.15) is 19.4 Å². The van der Waals surface area contributed by atoms with Gasteiger partial charge in [0.1, 0.15) is 0 Å². The average molecular weight is 492 g/mol. The maximum absolute atomic E-state index is 5.48. The Morgan fingerprint density at radius 1 is 1.19 bits per heavy atom. The van der Waals surface area contributed by atoms with Crippen LogP contribution in [0.25, 0.3) is 0 Å². The topological polar surface area (TPSA) is 48.9 Å². The van der Waals surface area contributed by atoms with Crippen molar-refractivity contribution in [1.29, 1.82) is 0 Å². The Hall–Kier alpha value is -0.510. The highest BCUT2D eigenvalue weighted by Crippen LogP contribution is 2.15. The fourth-order valence-electron chi connectivity index (χ4n) is 3.05. The predicted molar refractivity (Wildman–Crippen MR) is 123 cm³/mol. The van der Waals surface area contributed by atoms with E-state index in [0.29, 0.717) is 12.0 Å². The van der Waals surface area contributed by atoms with Gasteiger partial charge in [-0.3, -0.25) is 9.89 Å². The van der Waals surface area contributed by atoms with Crippen molar-refractivity contribution >= 4 is 41.7 Å². The van der Waals surface area contributed by atoms with Crippen molar-refractivity contribution in [2.45, 2.75) is 31.3 Å². The molecule has 0 aromatic heterocycles. The molecule has 1 unspecified atom stereocenters. The summed E-state index contributed by atoms with van der Waals surface area (Å²) in [6.07, 6.45) is 2.10. The lowest BCUT2D eigenvalue weighted by Gasteiger charge is -2.37. The third kappa shape index (κ3) is 7.62. The second-order valence-electron chi connectivity index (χ2n) is 6.61. The van der Waals surface area contributed by atoms with Gasteiger partial charge in [-0.15, -0.1) is 35.7 Å². The van der Waals surface area contributed by atoms with E-state index < -0.39 is 0 Å². The molecule has 1 heterocycles. The van der Waals surface area contributed by atoms with Crippen LogP contribution in [0, 0.1) is 5.92 Å². The number of guanidine groups is 1. The Morgan fingerprint density at radius 3 is 2.38 bits per heavy atom. The van der Waals surface area contributed by atoms with Gasteiger partial charge in [0.25, 0.3) is 0 Å². The molecule has 1 aromatic rings. The van der Waals surface area contributed by atoms with Crippen molar-refractivity contribution in [3.8, 4) is 0 Å². The molecule has 0 amide bonds. The summed E-state index contributed by atoms with van der Waals surface area (Å²) in [6, 6.07) is 9.13. The normalized spacial score (nSPS) is 16.9. The molecule has 2 N–H and O–H groups in total. The highest BCUT2D eigenvalue weighted by atomic mass is 127. The third-order valence-electron chi connectivity index (χ3n) is 4.61. The largest absolute Gasteiger partial charge is 0.379 e. The number of morpholine rings is 1. The van der Waals surface area contributed by atoms with Crippen molar-refractivity contribution in [3.05, 3.63) is 29.8 Å². The van der Waals surface area contributed by atoms with Gasteiger partial charge in [-0.05, 0) is 29.9 Å². The van der Waals surface area contributed by atoms with Gasteiger partial charge >= 0.3 is 0 Å². The van der Waals surface area contributed by atoms with E-state index in [9.17, 15) is 0 Å². The fraction of sp³-hybridized carbons (Fsp3) is 0.632. The zero-order chi connectivity index (χ0) is 18.1. The molecular weight excluding hydrogens is 459 g/mol. The Kier molecular flexibility index (Phi) is 11.6. The van der Waals surface area contributed by atoms with Gasteiger partial charge in [0.2, 0.25) is 0 Å². The first-order valence-corrected chi connectivity index (χ1v) is 10.3. The molecule has 0 saturated carbocycles. The van der Waals surface area contributed by atoms with Crippen LogP contribution in [0.5, 0.6) is 0 Å². The number of aliphatic imine (C=N–C) groups is 1. The van der Waals surface area contributed by atoms with Crippen LogP contribution >= 0.6 is 35.7 Å². The van der Waals surface area contributed by atoms with Crippen LogP contribution in [0.4, 0.5) is 0 Å². The molecule has 1 saturated heterocycles. The van der Waals surface area contributed by atoms with E-state index in [4.69, 9.17) is 4.74 Å².